The molecule has 0 aromatic heterocycles. The number of nitrogens with one attached hydrogen (secondary N) is 1. The summed E-state index contributed by atoms with van der Waals surface area (Å²) in [4.78, 5) is 11.4. The van der Waals surface area contributed by atoms with E-state index in [9.17, 15) is 4.79 Å². The highest BCUT2D eigenvalue weighted by atomic mass is 35.5. The monoisotopic (exact) mass is 256 g/mol. The molecule has 1 aromatic rings. The summed E-state index contributed by atoms with van der Waals surface area (Å²) < 4.78 is 5.18. The molecule has 0 heterocycles. The van der Waals surface area contributed by atoms with Crippen molar-refractivity contribution in [3.05, 3.63) is 28.8 Å². The van der Waals surface area contributed by atoms with Crippen molar-refractivity contribution in [1.82, 2.24) is 5.32 Å². The minimum atomic E-state index is -0.0302. The van der Waals surface area contributed by atoms with Crippen LogP contribution in [0.1, 0.15) is 18.4 Å². The van der Waals surface area contributed by atoms with E-state index in [0.717, 1.165) is 5.56 Å². The molecular formula is C12H17ClN2O2. The van der Waals surface area contributed by atoms with Crippen molar-refractivity contribution < 1.29 is 9.53 Å². The van der Waals surface area contributed by atoms with Crippen LogP contribution in [0.2, 0.25) is 5.02 Å². The first-order valence-corrected chi connectivity index (χ1v) is 5.85. The van der Waals surface area contributed by atoms with Crippen molar-refractivity contribution in [3.8, 4) is 5.75 Å². The minimum Gasteiger partial charge on any atom is -0.496 e. The number of methoxy groups -OCH3 is 1. The van der Waals surface area contributed by atoms with Crippen molar-refractivity contribution in [1.29, 1.82) is 0 Å². The summed E-state index contributed by atoms with van der Waals surface area (Å²) in [6.45, 7) is 0.884. The number of carbonyl (C=O) groups excluding carboxylic acids is 1. The van der Waals surface area contributed by atoms with Gasteiger partial charge in [-0.2, -0.15) is 0 Å². The molecule has 0 fully saturated rings. The molecule has 1 amide bonds. The van der Waals surface area contributed by atoms with Gasteiger partial charge in [0.25, 0.3) is 0 Å². The molecule has 17 heavy (non-hydrogen) atoms. The lowest BCUT2D eigenvalue weighted by Gasteiger charge is -2.11. The molecule has 0 radical (unpaired) electrons. The summed E-state index contributed by atoms with van der Waals surface area (Å²) in [6.07, 6.45) is 1.12. The predicted molar refractivity (Wildman–Crippen MR) is 68.1 cm³/mol. The van der Waals surface area contributed by atoms with E-state index in [1.807, 2.05) is 6.07 Å². The number of ether oxygens (including phenoxy) is 1. The largest absolute Gasteiger partial charge is 0.496 e. The van der Waals surface area contributed by atoms with Gasteiger partial charge in [-0.25, -0.2) is 0 Å². The zero-order valence-electron chi connectivity index (χ0n) is 9.83. The number of carbonyl (C=O) groups is 1. The quantitative estimate of drug-likeness (QED) is 0.814. The smallest absolute Gasteiger partial charge is 0.220 e. The van der Waals surface area contributed by atoms with Crippen LogP contribution in [0.15, 0.2) is 18.2 Å². The molecule has 5 heteroatoms. The van der Waals surface area contributed by atoms with Crippen LogP contribution in [0.3, 0.4) is 0 Å². The van der Waals surface area contributed by atoms with Gasteiger partial charge < -0.3 is 15.8 Å². The Hall–Kier alpha value is -1.26. The first kappa shape index (κ1) is 13.8. The molecule has 0 atom stereocenters. The van der Waals surface area contributed by atoms with Crippen molar-refractivity contribution in [2.75, 3.05) is 13.7 Å². The summed E-state index contributed by atoms with van der Waals surface area (Å²) in [5.41, 5.74) is 6.12. The van der Waals surface area contributed by atoms with E-state index in [4.69, 9.17) is 22.1 Å². The van der Waals surface area contributed by atoms with Crippen LogP contribution >= 0.6 is 11.6 Å². The number of nitrogens with two attached hydrogens (primary N) is 1. The highest BCUT2D eigenvalue weighted by molar-refractivity contribution is 6.31. The summed E-state index contributed by atoms with van der Waals surface area (Å²) in [5.74, 6) is 0.647. The molecule has 1 aromatic carbocycles. The number of hydrogen-bond acceptors (Lipinski definition) is 3. The van der Waals surface area contributed by atoms with E-state index < -0.39 is 0 Å². The minimum absolute atomic E-state index is 0.0302. The van der Waals surface area contributed by atoms with Crippen LogP contribution in [0.5, 0.6) is 5.75 Å². The molecule has 0 saturated heterocycles. The van der Waals surface area contributed by atoms with Gasteiger partial charge in [0.05, 0.1) is 7.11 Å². The Morgan fingerprint density at radius 3 is 2.94 bits per heavy atom. The lowest BCUT2D eigenvalue weighted by molar-refractivity contribution is -0.121. The maximum Gasteiger partial charge on any atom is 0.220 e. The van der Waals surface area contributed by atoms with E-state index in [0.29, 0.717) is 36.7 Å². The van der Waals surface area contributed by atoms with Crippen LogP contribution in [-0.4, -0.2) is 19.6 Å². The average Bonchev–Trinajstić information content (AvgIpc) is 2.34. The average molecular weight is 257 g/mol. The Labute approximate surface area is 106 Å². The molecule has 1 rings (SSSR count). The van der Waals surface area contributed by atoms with Gasteiger partial charge in [-0.05, 0) is 25.1 Å². The summed E-state index contributed by atoms with van der Waals surface area (Å²) in [6, 6.07) is 5.39. The Balaban J connectivity index is 2.59. The molecule has 0 spiro atoms. The molecule has 0 saturated carbocycles. The van der Waals surface area contributed by atoms with Crippen LogP contribution in [-0.2, 0) is 11.3 Å². The van der Waals surface area contributed by atoms with Gasteiger partial charge >= 0.3 is 0 Å². The van der Waals surface area contributed by atoms with Crippen LogP contribution in [0.4, 0.5) is 0 Å². The summed E-state index contributed by atoms with van der Waals surface area (Å²) in [5, 5.41) is 3.38. The van der Waals surface area contributed by atoms with Gasteiger partial charge in [-0.15, -0.1) is 0 Å². The zero-order chi connectivity index (χ0) is 12.7. The molecule has 0 aliphatic rings. The van der Waals surface area contributed by atoms with Crippen molar-refractivity contribution >= 4 is 17.5 Å². The molecular weight excluding hydrogens is 240 g/mol. The van der Waals surface area contributed by atoms with E-state index >= 15 is 0 Å². The standard InChI is InChI=1S/C12H17ClN2O2/c1-17-11-5-2-4-10(13)9(11)8-15-12(16)6-3-7-14/h2,4-5H,3,6-8,14H2,1H3,(H,15,16). The van der Waals surface area contributed by atoms with Crippen molar-refractivity contribution in [3.63, 3.8) is 0 Å². The van der Waals surface area contributed by atoms with Gasteiger partial charge in [0.15, 0.2) is 0 Å². The van der Waals surface area contributed by atoms with E-state index in [2.05, 4.69) is 5.32 Å². The molecule has 3 N–H and O–H groups in total. The second kappa shape index (κ2) is 7.14. The third-order valence-corrected chi connectivity index (χ3v) is 2.72. The molecule has 4 nitrogen and oxygen atoms in total. The SMILES string of the molecule is COc1cccc(Cl)c1CNC(=O)CCCN. The Bertz CT molecular complexity index is 383. The van der Waals surface area contributed by atoms with Gasteiger partial charge in [0.1, 0.15) is 5.75 Å². The van der Waals surface area contributed by atoms with Crippen LogP contribution < -0.4 is 15.8 Å². The van der Waals surface area contributed by atoms with Gasteiger partial charge in [0.2, 0.25) is 5.91 Å². The van der Waals surface area contributed by atoms with Crippen molar-refractivity contribution in [2.24, 2.45) is 5.73 Å². The molecule has 94 valence electrons. The fourth-order valence-electron chi connectivity index (χ4n) is 1.44. The predicted octanol–water partition coefficient (Wildman–Crippen LogP) is 1.70. The van der Waals surface area contributed by atoms with E-state index in [1.54, 1.807) is 19.2 Å². The normalized spacial score (nSPS) is 10.1. The fraction of sp³-hybridized carbons (Fsp3) is 0.417. The summed E-state index contributed by atoms with van der Waals surface area (Å²) >= 11 is 6.04. The summed E-state index contributed by atoms with van der Waals surface area (Å²) in [7, 11) is 1.57. The lowest BCUT2D eigenvalue weighted by Crippen LogP contribution is -2.23. The number of hydrogen-bond donors (Lipinski definition) is 2. The molecule has 0 aliphatic heterocycles. The second-order valence-corrected chi connectivity index (χ2v) is 4.00. The fourth-order valence-corrected chi connectivity index (χ4v) is 1.67. The Kier molecular flexibility index (Phi) is 5.80. The highest BCUT2D eigenvalue weighted by Gasteiger charge is 2.08. The van der Waals surface area contributed by atoms with Crippen LogP contribution in [0.25, 0.3) is 0 Å². The number of benzene rings is 1. The molecule has 0 bridgehead atoms. The highest BCUT2D eigenvalue weighted by Crippen LogP contribution is 2.25. The van der Waals surface area contributed by atoms with Crippen LogP contribution in [0, 0.1) is 0 Å². The number of amides is 1. The topological polar surface area (TPSA) is 64.3 Å². The van der Waals surface area contributed by atoms with E-state index in [1.165, 1.54) is 0 Å². The first-order valence-electron chi connectivity index (χ1n) is 5.47. The second-order valence-electron chi connectivity index (χ2n) is 3.59. The van der Waals surface area contributed by atoms with Gasteiger partial charge in [-0.3, -0.25) is 4.79 Å². The van der Waals surface area contributed by atoms with Crippen molar-refractivity contribution in [2.45, 2.75) is 19.4 Å². The molecule has 0 aliphatic carbocycles. The maximum atomic E-state index is 11.4. The zero-order valence-corrected chi connectivity index (χ0v) is 10.6. The maximum absolute atomic E-state index is 11.4. The molecule has 0 unspecified atom stereocenters. The third-order valence-electron chi connectivity index (χ3n) is 2.37. The Morgan fingerprint density at radius 2 is 2.29 bits per heavy atom. The van der Waals surface area contributed by atoms with E-state index in [-0.39, 0.29) is 5.91 Å². The Morgan fingerprint density at radius 1 is 1.53 bits per heavy atom. The van der Waals surface area contributed by atoms with Gasteiger partial charge in [-0.1, -0.05) is 17.7 Å². The number of halogens is 1. The van der Waals surface area contributed by atoms with Gasteiger partial charge in [0, 0.05) is 23.6 Å². The third kappa shape index (κ3) is 4.24. The number of rotatable bonds is 6. The lowest BCUT2D eigenvalue weighted by atomic mass is 10.2. The first-order chi connectivity index (χ1) is 8.19.